The predicted molar refractivity (Wildman–Crippen MR) is 73.3 cm³/mol. The van der Waals surface area contributed by atoms with Gasteiger partial charge in [-0.1, -0.05) is 6.07 Å². The number of aliphatic carboxylic acids is 1. The van der Waals surface area contributed by atoms with Gasteiger partial charge in [0.25, 0.3) is 0 Å². The van der Waals surface area contributed by atoms with Gasteiger partial charge < -0.3 is 10.0 Å². The summed E-state index contributed by atoms with van der Waals surface area (Å²) in [6.45, 7) is 8.46. The molecule has 98 valence electrons. The Morgan fingerprint density at radius 3 is 2.11 bits per heavy atom. The summed E-state index contributed by atoms with van der Waals surface area (Å²) >= 11 is 0. The smallest absolute Gasteiger partial charge is 0.308 e. The normalized spacial score (nSPS) is 21.8. The van der Waals surface area contributed by atoms with E-state index in [1.807, 2.05) is 7.05 Å². The number of hydrogen-bond donors (Lipinski definition) is 1. The van der Waals surface area contributed by atoms with Crippen molar-refractivity contribution in [3.8, 4) is 0 Å². The highest BCUT2D eigenvalue weighted by atomic mass is 16.4. The number of carboxylic acids is 1. The number of carboxylic acid groups (broad SMARTS) is 1. The minimum atomic E-state index is -0.675. The van der Waals surface area contributed by atoms with Crippen LogP contribution in [0.2, 0.25) is 0 Å². The minimum absolute atomic E-state index is 0.154. The second-order valence-corrected chi connectivity index (χ2v) is 5.47. The molecule has 1 aromatic rings. The van der Waals surface area contributed by atoms with Crippen LogP contribution in [0.4, 0.5) is 5.69 Å². The molecule has 2 unspecified atom stereocenters. The predicted octanol–water partition coefficient (Wildman–Crippen LogP) is 2.83. The van der Waals surface area contributed by atoms with Gasteiger partial charge in [0.05, 0.1) is 5.92 Å². The summed E-state index contributed by atoms with van der Waals surface area (Å²) in [7, 11) is 2.02. The minimum Gasteiger partial charge on any atom is -0.481 e. The molecule has 3 nitrogen and oxygen atoms in total. The van der Waals surface area contributed by atoms with Crippen molar-refractivity contribution in [2.45, 2.75) is 40.2 Å². The molecular weight excluding hydrogens is 226 g/mol. The number of benzene rings is 1. The molecule has 0 spiro atoms. The Labute approximate surface area is 108 Å². The fraction of sp³-hybridized carbons (Fsp3) is 0.533. The molecule has 1 N–H and O–H groups in total. The Bertz CT molecular complexity index is 481. The Morgan fingerprint density at radius 2 is 1.72 bits per heavy atom. The van der Waals surface area contributed by atoms with Gasteiger partial charge in [-0.3, -0.25) is 4.79 Å². The van der Waals surface area contributed by atoms with E-state index < -0.39 is 5.97 Å². The average molecular weight is 247 g/mol. The zero-order chi connectivity index (χ0) is 13.6. The molecular formula is C15H21NO2. The van der Waals surface area contributed by atoms with Crippen molar-refractivity contribution in [2.75, 3.05) is 11.9 Å². The highest BCUT2D eigenvalue weighted by molar-refractivity contribution is 5.77. The van der Waals surface area contributed by atoms with Crippen LogP contribution in [0.5, 0.6) is 0 Å². The maximum absolute atomic E-state index is 11.0. The second kappa shape index (κ2) is 4.30. The van der Waals surface area contributed by atoms with Crippen molar-refractivity contribution in [1.29, 1.82) is 0 Å². The van der Waals surface area contributed by atoms with Crippen LogP contribution in [-0.2, 0) is 4.79 Å². The molecule has 0 saturated heterocycles. The molecule has 3 heteroatoms. The second-order valence-electron chi connectivity index (χ2n) is 5.47. The van der Waals surface area contributed by atoms with Crippen LogP contribution in [0.15, 0.2) is 6.07 Å². The lowest BCUT2D eigenvalue weighted by Crippen LogP contribution is -2.25. The number of rotatable bonds is 3. The first-order valence-electron chi connectivity index (χ1n) is 6.37. The number of aryl methyl sites for hydroxylation is 2. The van der Waals surface area contributed by atoms with Crippen molar-refractivity contribution in [2.24, 2.45) is 5.92 Å². The van der Waals surface area contributed by atoms with Crippen LogP contribution in [0.3, 0.4) is 0 Å². The summed E-state index contributed by atoms with van der Waals surface area (Å²) in [6.07, 6.45) is 0.762. The van der Waals surface area contributed by atoms with Crippen LogP contribution in [-0.4, -0.2) is 24.2 Å². The van der Waals surface area contributed by atoms with Crippen molar-refractivity contribution < 1.29 is 9.90 Å². The van der Waals surface area contributed by atoms with E-state index in [9.17, 15) is 4.79 Å². The average Bonchev–Trinajstić information content (AvgIpc) is 3.06. The Kier molecular flexibility index (Phi) is 3.09. The largest absolute Gasteiger partial charge is 0.481 e. The third kappa shape index (κ3) is 1.98. The summed E-state index contributed by atoms with van der Waals surface area (Å²) in [5.41, 5.74) is 6.27. The Morgan fingerprint density at radius 1 is 1.22 bits per heavy atom. The molecule has 0 aromatic heterocycles. The first kappa shape index (κ1) is 12.9. The lowest BCUT2D eigenvalue weighted by Gasteiger charge is -2.26. The molecule has 0 heterocycles. The molecule has 1 aliphatic rings. The molecule has 0 radical (unpaired) electrons. The standard InChI is InChI=1S/C15H21NO2/c1-8-6-9(2)11(4)14(10(8)3)16(5)13-7-12(13)15(17)18/h6,12-13H,7H2,1-5H3,(H,17,18). The molecule has 1 fully saturated rings. The van der Waals surface area contributed by atoms with Crippen LogP contribution < -0.4 is 4.90 Å². The number of anilines is 1. The summed E-state index contributed by atoms with van der Waals surface area (Å²) in [6, 6.07) is 2.35. The molecule has 0 aliphatic heterocycles. The van der Waals surface area contributed by atoms with E-state index in [4.69, 9.17) is 5.11 Å². The van der Waals surface area contributed by atoms with E-state index in [1.165, 1.54) is 27.9 Å². The number of carbonyl (C=O) groups is 1. The molecule has 1 aliphatic carbocycles. The van der Waals surface area contributed by atoms with Crippen molar-refractivity contribution in [3.63, 3.8) is 0 Å². The van der Waals surface area contributed by atoms with Crippen molar-refractivity contribution in [3.05, 3.63) is 28.3 Å². The molecule has 2 atom stereocenters. The SMILES string of the molecule is Cc1cc(C)c(C)c(N(C)C2CC2C(=O)O)c1C. The summed E-state index contributed by atoms with van der Waals surface area (Å²) in [5, 5.41) is 9.04. The van der Waals surface area contributed by atoms with E-state index in [-0.39, 0.29) is 12.0 Å². The fourth-order valence-corrected chi connectivity index (χ4v) is 2.77. The molecule has 2 rings (SSSR count). The topological polar surface area (TPSA) is 40.5 Å². The van der Waals surface area contributed by atoms with Gasteiger partial charge in [-0.25, -0.2) is 0 Å². The summed E-state index contributed by atoms with van der Waals surface area (Å²) in [5.74, 6) is -0.874. The highest BCUT2D eigenvalue weighted by Gasteiger charge is 2.46. The van der Waals surface area contributed by atoms with Gasteiger partial charge in [0, 0.05) is 18.8 Å². The van der Waals surface area contributed by atoms with Gasteiger partial charge in [0.1, 0.15) is 0 Å². The first-order valence-corrected chi connectivity index (χ1v) is 6.37. The van der Waals surface area contributed by atoms with E-state index in [0.29, 0.717) is 0 Å². The molecule has 0 bridgehead atoms. The number of nitrogens with zero attached hydrogens (tertiary/aromatic N) is 1. The van der Waals surface area contributed by atoms with E-state index >= 15 is 0 Å². The third-order valence-corrected chi connectivity index (χ3v) is 4.25. The zero-order valence-electron chi connectivity index (χ0n) is 11.7. The van der Waals surface area contributed by atoms with Crippen LogP contribution in [0.25, 0.3) is 0 Å². The van der Waals surface area contributed by atoms with E-state index in [0.717, 1.165) is 6.42 Å². The molecule has 1 aromatic carbocycles. The van der Waals surface area contributed by atoms with Gasteiger partial charge in [-0.15, -0.1) is 0 Å². The van der Waals surface area contributed by atoms with E-state index in [2.05, 4.69) is 38.7 Å². The Balaban J connectivity index is 2.37. The lowest BCUT2D eigenvalue weighted by atomic mass is 9.98. The van der Waals surface area contributed by atoms with Crippen molar-refractivity contribution >= 4 is 11.7 Å². The van der Waals surface area contributed by atoms with Crippen LogP contribution >= 0.6 is 0 Å². The molecule has 1 saturated carbocycles. The van der Waals surface area contributed by atoms with Gasteiger partial charge in [-0.2, -0.15) is 0 Å². The Hall–Kier alpha value is -1.51. The van der Waals surface area contributed by atoms with Gasteiger partial charge >= 0.3 is 5.97 Å². The van der Waals surface area contributed by atoms with Crippen molar-refractivity contribution in [1.82, 2.24) is 0 Å². The van der Waals surface area contributed by atoms with E-state index in [1.54, 1.807) is 0 Å². The van der Waals surface area contributed by atoms with Crippen LogP contribution in [0, 0.1) is 33.6 Å². The third-order valence-electron chi connectivity index (χ3n) is 4.25. The van der Waals surface area contributed by atoms with Crippen LogP contribution in [0.1, 0.15) is 28.7 Å². The zero-order valence-corrected chi connectivity index (χ0v) is 11.7. The first-order chi connectivity index (χ1) is 8.34. The summed E-state index contributed by atoms with van der Waals surface area (Å²) in [4.78, 5) is 13.1. The molecule has 18 heavy (non-hydrogen) atoms. The highest BCUT2D eigenvalue weighted by Crippen LogP contribution is 2.41. The maximum atomic E-state index is 11.0. The van der Waals surface area contributed by atoms with Gasteiger partial charge in [0.2, 0.25) is 0 Å². The monoisotopic (exact) mass is 247 g/mol. The lowest BCUT2D eigenvalue weighted by molar-refractivity contribution is -0.138. The van der Waals surface area contributed by atoms with Gasteiger partial charge in [0.15, 0.2) is 0 Å². The number of hydrogen-bond acceptors (Lipinski definition) is 2. The maximum Gasteiger partial charge on any atom is 0.308 e. The molecule has 0 amide bonds. The quantitative estimate of drug-likeness (QED) is 0.893. The summed E-state index contributed by atoms with van der Waals surface area (Å²) < 4.78 is 0. The fourth-order valence-electron chi connectivity index (χ4n) is 2.77. The van der Waals surface area contributed by atoms with Gasteiger partial charge in [-0.05, 0) is 56.4 Å².